The molecular formula is C35H54O2. The Morgan fingerprint density at radius 2 is 1.00 bits per heavy atom. The summed E-state index contributed by atoms with van der Waals surface area (Å²) in [4.78, 5) is 12.3. The van der Waals surface area contributed by atoms with E-state index in [9.17, 15) is 4.79 Å². The molecule has 0 aromatic heterocycles. The van der Waals surface area contributed by atoms with Crippen molar-refractivity contribution in [1.29, 1.82) is 0 Å². The lowest BCUT2D eigenvalue weighted by molar-refractivity contribution is 0.0927. The zero-order chi connectivity index (χ0) is 26.6. The molecule has 2 aromatic rings. The number of rotatable bonds is 22. The number of benzene rings is 2. The summed E-state index contributed by atoms with van der Waals surface area (Å²) in [5, 5.41) is 0. The Morgan fingerprint density at radius 1 is 0.595 bits per heavy atom. The molecule has 0 aliphatic rings. The van der Waals surface area contributed by atoms with Crippen molar-refractivity contribution in [3.8, 4) is 16.9 Å². The zero-order valence-corrected chi connectivity index (χ0v) is 24.2. The maximum absolute atomic E-state index is 12.3. The van der Waals surface area contributed by atoms with Crippen LogP contribution in [0.25, 0.3) is 11.1 Å². The molecule has 0 aliphatic carbocycles. The minimum absolute atomic E-state index is 0.0802. The Morgan fingerprint density at radius 3 is 1.43 bits per heavy atom. The molecule has 0 bridgehead atoms. The molecule has 2 heteroatoms. The van der Waals surface area contributed by atoms with E-state index < -0.39 is 0 Å². The van der Waals surface area contributed by atoms with Crippen LogP contribution in [0.3, 0.4) is 0 Å². The largest absolute Gasteiger partial charge is 0.494 e. The molecule has 0 fully saturated rings. The van der Waals surface area contributed by atoms with Gasteiger partial charge in [-0.2, -0.15) is 0 Å². The van der Waals surface area contributed by atoms with E-state index in [1.807, 2.05) is 31.2 Å². The summed E-state index contributed by atoms with van der Waals surface area (Å²) in [6.07, 6.45) is 23.1. The molecule has 0 unspecified atom stereocenters. The molecule has 0 saturated heterocycles. The van der Waals surface area contributed by atoms with Gasteiger partial charge in [-0.1, -0.05) is 153 Å². The second kappa shape index (κ2) is 19.9. The van der Waals surface area contributed by atoms with Crippen LogP contribution in [-0.4, -0.2) is 12.4 Å². The van der Waals surface area contributed by atoms with Gasteiger partial charge in [0, 0.05) is 11.5 Å². The van der Waals surface area contributed by atoms with Crippen molar-refractivity contribution in [3.63, 3.8) is 0 Å². The minimum Gasteiger partial charge on any atom is -0.494 e. The molecule has 2 rings (SSSR count). The van der Waals surface area contributed by atoms with Gasteiger partial charge in [0.05, 0.1) is 6.61 Å². The third kappa shape index (κ3) is 13.3. The third-order valence-corrected chi connectivity index (χ3v) is 7.68. The Balaban J connectivity index is 1.47. The van der Waals surface area contributed by atoms with Crippen molar-refractivity contribution >= 4 is 5.78 Å². The maximum Gasteiger partial charge on any atom is 0.165 e. The molecule has 0 radical (unpaired) electrons. The Bertz CT molecular complexity index is 821. The van der Waals surface area contributed by atoms with E-state index in [0.29, 0.717) is 0 Å². The molecule has 0 heterocycles. The highest BCUT2D eigenvalue weighted by atomic mass is 16.5. The van der Waals surface area contributed by atoms with Gasteiger partial charge in [-0.3, -0.25) is 4.79 Å². The second-order valence-corrected chi connectivity index (χ2v) is 10.9. The van der Waals surface area contributed by atoms with Crippen LogP contribution >= 0.6 is 0 Å². The number of ketones is 1. The van der Waals surface area contributed by atoms with Gasteiger partial charge in [0.1, 0.15) is 5.75 Å². The van der Waals surface area contributed by atoms with Crippen LogP contribution in [0.15, 0.2) is 48.5 Å². The van der Waals surface area contributed by atoms with Gasteiger partial charge >= 0.3 is 0 Å². The van der Waals surface area contributed by atoms with Crippen molar-refractivity contribution in [2.24, 2.45) is 5.92 Å². The summed E-state index contributed by atoms with van der Waals surface area (Å²) in [6.45, 7) is 7.14. The molecule has 2 aromatic carbocycles. The van der Waals surface area contributed by atoms with Crippen molar-refractivity contribution in [2.75, 3.05) is 6.61 Å². The van der Waals surface area contributed by atoms with Gasteiger partial charge in [0.2, 0.25) is 0 Å². The predicted octanol–water partition coefficient (Wildman–Crippen LogP) is 11.2. The molecule has 1 atom stereocenters. The summed E-state index contributed by atoms with van der Waals surface area (Å²) in [5.41, 5.74) is 3.08. The van der Waals surface area contributed by atoms with Gasteiger partial charge in [0.25, 0.3) is 0 Å². The quantitative estimate of drug-likeness (QED) is 0.117. The Hall–Kier alpha value is -2.09. The van der Waals surface area contributed by atoms with E-state index >= 15 is 0 Å². The van der Waals surface area contributed by atoms with Gasteiger partial charge in [-0.25, -0.2) is 0 Å². The number of hydrogen-bond donors (Lipinski definition) is 0. The Kier molecular flexibility index (Phi) is 16.8. The van der Waals surface area contributed by atoms with Gasteiger partial charge in [0.15, 0.2) is 5.78 Å². The first kappa shape index (κ1) is 31.1. The molecule has 206 valence electrons. The SMILES string of the molecule is CCCCCCCCCCCCCCCCCCOc1ccc(-c2ccc(C(=O)[C@@H](C)CC)cc2)cc1. The summed E-state index contributed by atoms with van der Waals surface area (Å²) >= 11 is 0. The number of Topliss-reactive ketones (excluding diaryl/α,β-unsaturated/α-hetero) is 1. The first-order chi connectivity index (χ1) is 18.2. The Labute approximate surface area is 228 Å². The van der Waals surface area contributed by atoms with E-state index in [1.54, 1.807) is 0 Å². The minimum atomic E-state index is 0.0802. The van der Waals surface area contributed by atoms with E-state index in [1.165, 1.54) is 96.3 Å². The van der Waals surface area contributed by atoms with Crippen molar-refractivity contribution < 1.29 is 9.53 Å². The second-order valence-electron chi connectivity index (χ2n) is 10.9. The fraction of sp³-hybridized carbons (Fsp3) is 0.629. The molecule has 2 nitrogen and oxygen atoms in total. The highest BCUT2D eigenvalue weighted by Gasteiger charge is 2.13. The number of unbranched alkanes of at least 4 members (excludes halogenated alkanes) is 15. The maximum atomic E-state index is 12.3. The van der Waals surface area contributed by atoms with Crippen LogP contribution in [0.4, 0.5) is 0 Å². The fourth-order valence-corrected chi connectivity index (χ4v) is 4.88. The molecule has 0 N–H and O–H groups in total. The van der Waals surface area contributed by atoms with Crippen LogP contribution in [-0.2, 0) is 0 Å². The summed E-state index contributed by atoms with van der Waals surface area (Å²) < 4.78 is 5.96. The first-order valence-electron chi connectivity index (χ1n) is 15.5. The molecule has 37 heavy (non-hydrogen) atoms. The highest BCUT2D eigenvalue weighted by Crippen LogP contribution is 2.24. The van der Waals surface area contributed by atoms with Crippen molar-refractivity contribution in [2.45, 2.75) is 130 Å². The van der Waals surface area contributed by atoms with Gasteiger partial charge in [-0.05, 0) is 36.1 Å². The average molecular weight is 507 g/mol. The van der Waals surface area contributed by atoms with Crippen molar-refractivity contribution in [3.05, 3.63) is 54.1 Å². The standard InChI is InChI=1S/C35H54O2/c1-4-6-7-8-9-10-11-12-13-14-15-16-17-18-19-20-29-37-34-27-25-32(26-28-34)31-21-23-33(24-22-31)35(36)30(3)5-2/h21-28,30H,4-20,29H2,1-3H3/t30-/m0/s1. The monoisotopic (exact) mass is 506 g/mol. The normalized spacial score (nSPS) is 12.0. The number of hydrogen-bond acceptors (Lipinski definition) is 2. The lowest BCUT2D eigenvalue weighted by Crippen LogP contribution is -2.09. The molecular weight excluding hydrogens is 452 g/mol. The van der Waals surface area contributed by atoms with E-state index in [4.69, 9.17) is 4.74 Å². The van der Waals surface area contributed by atoms with E-state index in [-0.39, 0.29) is 11.7 Å². The van der Waals surface area contributed by atoms with Gasteiger partial charge < -0.3 is 4.74 Å². The van der Waals surface area contributed by atoms with Gasteiger partial charge in [-0.15, -0.1) is 0 Å². The van der Waals surface area contributed by atoms with Crippen LogP contribution in [0.5, 0.6) is 5.75 Å². The molecule has 0 spiro atoms. The summed E-state index contributed by atoms with van der Waals surface area (Å²) in [5.74, 6) is 1.25. The average Bonchev–Trinajstić information content (AvgIpc) is 2.94. The number of carbonyl (C=O) groups excluding carboxylic acids is 1. The molecule has 0 aliphatic heterocycles. The third-order valence-electron chi connectivity index (χ3n) is 7.68. The van der Waals surface area contributed by atoms with Crippen LogP contribution < -0.4 is 4.74 Å². The number of ether oxygens (including phenoxy) is 1. The van der Waals surface area contributed by atoms with E-state index in [2.05, 4.69) is 38.1 Å². The fourth-order valence-electron chi connectivity index (χ4n) is 4.88. The zero-order valence-electron chi connectivity index (χ0n) is 24.2. The van der Waals surface area contributed by atoms with Crippen molar-refractivity contribution in [1.82, 2.24) is 0 Å². The predicted molar refractivity (Wildman–Crippen MR) is 161 cm³/mol. The molecule has 0 amide bonds. The summed E-state index contributed by atoms with van der Waals surface area (Å²) in [6, 6.07) is 16.3. The highest BCUT2D eigenvalue weighted by molar-refractivity contribution is 5.98. The van der Waals surface area contributed by atoms with Crippen LogP contribution in [0.2, 0.25) is 0 Å². The van der Waals surface area contributed by atoms with Crippen LogP contribution in [0, 0.1) is 5.92 Å². The van der Waals surface area contributed by atoms with E-state index in [0.717, 1.165) is 41.9 Å². The summed E-state index contributed by atoms with van der Waals surface area (Å²) in [7, 11) is 0. The van der Waals surface area contributed by atoms with Crippen LogP contribution in [0.1, 0.15) is 140 Å². The lowest BCUT2D eigenvalue weighted by atomic mass is 9.95. The molecule has 0 saturated carbocycles. The smallest absolute Gasteiger partial charge is 0.165 e. The number of carbonyl (C=O) groups is 1. The first-order valence-corrected chi connectivity index (χ1v) is 15.5. The topological polar surface area (TPSA) is 26.3 Å². The lowest BCUT2D eigenvalue weighted by Gasteiger charge is -2.09.